The third kappa shape index (κ3) is 2.25. The molecule has 2 saturated heterocycles. The van der Waals surface area contributed by atoms with Crippen LogP contribution in [0.3, 0.4) is 0 Å². The van der Waals surface area contributed by atoms with E-state index in [2.05, 4.69) is 23.7 Å². The van der Waals surface area contributed by atoms with Gasteiger partial charge in [-0.1, -0.05) is 13.8 Å². The van der Waals surface area contributed by atoms with Gasteiger partial charge in [-0.2, -0.15) is 0 Å². The number of anilines is 1. The van der Waals surface area contributed by atoms with Crippen molar-refractivity contribution < 1.29 is 4.92 Å². The van der Waals surface area contributed by atoms with Gasteiger partial charge in [0.2, 0.25) is 0 Å². The maximum absolute atomic E-state index is 10.7. The van der Waals surface area contributed by atoms with Crippen molar-refractivity contribution in [3.63, 3.8) is 0 Å². The van der Waals surface area contributed by atoms with Crippen LogP contribution in [0.1, 0.15) is 39.5 Å². The van der Waals surface area contributed by atoms with Crippen LogP contribution in [0.25, 0.3) is 0 Å². The molecule has 0 spiro atoms. The van der Waals surface area contributed by atoms with E-state index in [9.17, 15) is 10.1 Å². The van der Waals surface area contributed by atoms with Gasteiger partial charge in [-0.15, -0.1) is 0 Å². The predicted molar refractivity (Wildman–Crippen MR) is 77.7 cm³/mol. The molecule has 0 saturated carbocycles. The second-order valence-corrected chi connectivity index (χ2v) is 6.40. The van der Waals surface area contributed by atoms with Crippen molar-refractivity contribution in [2.45, 2.75) is 51.6 Å². The molecular formula is C15H21N3O2. The van der Waals surface area contributed by atoms with Gasteiger partial charge in [0.1, 0.15) is 12.0 Å². The molecule has 108 valence electrons. The van der Waals surface area contributed by atoms with Crippen LogP contribution in [0.2, 0.25) is 0 Å². The first kappa shape index (κ1) is 13.3. The zero-order chi connectivity index (χ0) is 14.3. The third-order valence-electron chi connectivity index (χ3n) is 4.92. The number of hydrogen-bond acceptors (Lipinski definition) is 4. The molecule has 0 aromatic carbocycles. The first-order valence-electron chi connectivity index (χ1n) is 7.45. The van der Waals surface area contributed by atoms with E-state index in [0.29, 0.717) is 12.1 Å². The van der Waals surface area contributed by atoms with Crippen LogP contribution >= 0.6 is 0 Å². The number of nitrogens with zero attached hydrogens (tertiary/aromatic N) is 3. The molecule has 0 aliphatic carbocycles. The summed E-state index contributed by atoms with van der Waals surface area (Å²) in [6.07, 6.45) is 6.29. The minimum Gasteiger partial charge on any atom is -0.351 e. The third-order valence-corrected chi connectivity index (χ3v) is 4.92. The molecule has 2 aliphatic heterocycles. The van der Waals surface area contributed by atoms with E-state index in [1.165, 1.54) is 31.9 Å². The first-order chi connectivity index (χ1) is 9.56. The summed E-state index contributed by atoms with van der Waals surface area (Å²) in [5.41, 5.74) is 0.0677. The van der Waals surface area contributed by atoms with E-state index in [1.807, 2.05) is 0 Å². The lowest BCUT2D eigenvalue weighted by atomic mass is 9.82. The average molecular weight is 275 g/mol. The Hall–Kier alpha value is -1.65. The van der Waals surface area contributed by atoms with E-state index < -0.39 is 4.92 Å². The van der Waals surface area contributed by atoms with Crippen molar-refractivity contribution in [2.75, 3.05) is 4.90 Å². The highest BCUT2D eigenvalue weighted by atomic mass is 16.6. The number of piperidine rings is 1. The fourth-order valence-corrected chi connectivity index (χ4v) is 3.78. The fraction of sp³-hybridized carbons (Fsp3) is 0.667. The van der Waals surface area contributed by atoms with Crippen molar-refractivity contribution >= 4 is 11.5 Å². The van der Waals surface area contributed by atoms with Gasteiger partial charge in [0.05, 0.1) is 4.92 Å². The summed E-state index contributed by atoms with van der Waals surface area (Å²) in [7, 11) is 0. The first-order valence-corrected chi connectivity index (χ1v) is 7.45. The van der Waals surface area contributed by atoms with Crippen molar-refractivity contribution in [3.8, 4) is 0 Å². The molecule has 5 heteroatoms. The Bertz CT molecular complexity index is 486. The Labute approximate surface area is 119 Å². The maximum atomic E-state index is 10.7. The maximum Gasteiger partial charge on any atom is 0.287 e. The largest absolute Gasteiger partial charge is 0.351 e. The van der Waals surface area contributed by atoms with Crippen LogP contribution in [0, 0.1) is 22.0 Å². The summed E-state index contributed by atoms with van der Waals surface area (Å²) >= 11 is 0. The van der Waals surface area contributed by atoms with Gasteiger partial charge in [-0.05, 0) is 43.6 Å². The smallest absolute Gasteiger partial charge is 0.287 e. The number of aromatic nitrogens is 1. The molecular weight excluding hydrogens is 254 g/mol. The molecule has 2 atom stereocenters. The number of hydrogen-bond donors (Lipinski definition) is 0. The van der Waals surface area contributed by atoms with Crippen molar-refractivity contribution in [3.05, 3.63) is 28.4 Å². The molecule has 3 heterocycles. The van der Waals surface area contributed by atoms with Crippen molar-refractivity contribution in [1.82, 2.24) is 4.98 Å². The van der Waals surface area contributed by atoms with Gasteiger partial charge < -0.3 is 4.90 Å². The van der Waals surface area contributed by atoms with Gasteiger partial charge in [0.25, 0.3) is 5.69 Å². The van der Waals surface area contributed by atoms with Crippen LogP contribution in [0.4, 0.5) is 11.5 Å². The lowest BCUT2D eigenvalue weighted by Crippen LogP contribution is -2.44. The van der Waals surface area contributed by atoms with Crippen LogP contribution in [0.5, 0.6) is 0 Å². The lowest BCUT2D eigenvalue weighted by Gasteiger charge is -2.41. The monoisotopic (exact) mass is 275 g/mol. The predicted octanol–water partition coefficient (Wildman–Crippen LogP) is 3.39. The SMILES string of the molecule is CC(C)C1CC2CCC(C1)N2c1ccc([N+](=O)[O-])cn1. The van der Waals surface area contributed by atoms with E-state index in [-0.39, 0.29) is 5.69 Å². The number of rotatable bonds is 3. The molecule has 0 N–H and O–H groups in total. The molecule has 2 bridgehead atoms. The van der Waals surface area contributed by atoms with E-state index in [0.717, 1.165) is 17.7 Å². The molecule has 3 rings (SSSR count). The standard InChI is InChI=1S/C15H21N3O2/c1-10(2)11-7-12-3-4-13(8-11)17(12)15-6-5-14(9-16-15)18(19)20/h5-6,9-13H,3-4,7-8H2,1-2H3. The van der Waals surface area contributed by atoms with Gasteiger partial charge >= 0.3 is 0 Å². The van der Waals surface area contributed by atoms with Gasteiger partial charge in [-0.25, -0.2) is 4.98 Å². The molecule has 2 fully saturated rings. The Morgan fingerprint density at radius 3 is 2.40 bits per heavy atom. The van der Waals surface area contributed by atoms with Gasteiger partial charge in [0.15, 0.2) is 0 Å². The topological polar surface area (TPSA) is 59.3 Å². The van der Waals surface area contributed by atoms with Crippen LogP contribution < -0.4 is 4.90 Å². The van der Waals surface area contributed by atoms with Crippen LogP contribution in [-0.2, 0) is 0 Å². The summed E-state index contributed by atoms with van der Waals surface area (Å²) < 4.78 is 0. The van der Waals surface area contributed by atoms with Crippen LogP contribution in [-0.4, -0.2) is 22.0 Å². The Morgan fingerprint density at radius 2 is 1.95 bits per heavy atom. The second kappa shape index (κ2) is 5.04. The molecule has 1 aromatic rings. The van der Waals surface area contributed by atoms with Crippen LogP contribution in [0.15, 0.2) is 18.3 Å². The van der Waals surface area contributed by atoms with Crippen molar-refractivity contribution in [2.24, 2.45) is 11.8 Å². The quantitative estimate of drug-likeness (QED) is 0.626. The molecule has 2 aliphatic rings. The summed E-state index contributed by atoms with van der Waals surface area (Å²) in [5.74, 6) is 2.46. The molecule has 2 unspecified atom stereocenters. The zero-order valence-electron chi connectivity index (χ0n) is 12.0. The summed E-state index contributed by atoms with van der Waals surface area (Å²) in [6.45, 7) is 4.62. The Kier molecular flexibility index (Phi) is 3.36. The normalized spacial score (nSPS) is 28.9. The Morgan fingerprint density at radius 1 is 1.30 bits per heavy atom. The number of fused-ring (bicyclic) bond motifs is 2. The summed E-state index contributed by atoms with van der Waals surface area (Å²) in [4.78, 5) is 17.0. The molecule has 0 amide bonds. The van der Waals surface area contributed by atoms with E-state index in [4.69, 9.17) is 0 Å². The number of nitro groups is 1. The minimum absolute atomic E-state index is 0.0677. The highest BCUT2D eigenvalue weighted by molar-refractivity contribution is 5.46. The van der Waals surface area contributed by atoms with Gasteiger partial charge in [-0.3, -0.25) is 10.1 Å². The zero-order valence-corrected chi connectivity index (χ0v) is 12.0. The Balaban J connectivity index is 1.80. The highest BCUT2D eigenvalue weighted by Gasteiger charge is 2.41. The minimum atomic E-state index is -0.392. The fourth-order valence-electron chi connectivity index (χ4n) is 3.78. The lowest BCUT2D eigenvalue weighted by molar-refractivity contribution is -0.385. The van der Waals surface area contributed by atoms with E-state index >= 15 is 0 Å². The van der Waals surface area contributed by atoms with Crippen molar-refractivity contribution in [1.29, 1.82) is 0 Å². The molecule has 20 heavy (non-hydrogen) atoms. The highest BCUT2D eigenvalue weighted by Crippen LogP contribution is 2.43. The summed E-state index contributed by atoms with van der Waals surface area (Å²) in [6, 6.07) is 4.50. The number of pyridine rings is 1. The van der Waals surface area contributed by atoms with E-state index in [1.54, 1.807) is 12.1 Å². The molecule has 0 radical (unpaired) electrons. The molecule has 5 nitrogen and oxygen atoms in total. The summed E-state index contributed by atoms with van der Waals surface area (Å²) in [5, 5.41) is 10.7. The van der Waals surface area contributed by atoms with Gasteiger partial charge in [0, 0.05) is 18.2 Å². The average Bonchev–Trinajstić information content (AvgIpc) is 2.68. The second-order valence-electron chi connectivity index (χ2n) is 6.40. The molecule has 1 aromatic heterocycles.